The van der Waals surface area contributed by atoms with Crippen LogP contribution in [0.1, 0.15) is 55.0 Å². The van der Waals surface area contributed by atoms with Crippen molar-refractivity contribution in [1.82, 2.24) is 9.80 Å². The summed E-state index contributed by atoms with van der Waals surface area (Å²) in [5.41, 5.74) is 3.19. The molecule has 2 unspecified atom stereocenters. The summed E-state index contributed by atoms with van der Waals surface area (Å²) >= 11 is 0. The minimum atomic E-state index is -0.271. The van der Waals surface area contributed by atoms with Crippen LogP contribution in [0.5, 0.6) is 5.75 Å². The summed E-state index contributed by atoms with van der Waals surface area (Å²) in [6, 6.07) is 15.7. The molecule has 5 heteroatoms. The van der Waals surface area contributed by atoms with Crippen LogP contribution in [0.3, 0.4) is 0 Å². The van der Waals surface area contributed by atoms with Crippen LogP contribution in [0.15, 0.2) is 54.7 Å². The third kappa shape index (κ3) is 3.77. The summed E-state index contributed by atoms with van der Waals surface area (Å²) in [6.45, 7) is 2.29. The summed E-state index contributed by atoms with van der Waals surface area (Å²) in [5, 5.41) is 0. The standard InChI is InChI=1S/C24H26N2O3/c1-17(27)25-14-12-18-7-3-4-10-21(18)23(25)16-24(28)26-13-6-11-22(26)19-8-5-9-20(15-19)29-2/h3-5,7-10,12,14-15,22-23H,6,11,13,16H2,1-2H3. The number of likely N-dealkylation sites (tertiary alicyclic amines) is 1. The van der Waals surface area contributed by atoms with Crippen molar-refractivity contribution < 1.29 is 14.3 Å². The van der Waals surface area contributed by atoms with Gasteiger partial charge in [0, 0.05) is 19.7 Å². The molecular weight excluding hydrogens is 364 g/mol. The first-order valence-corrected chi connectivity index (χ1v) is 10.1. The van der Waals surface area contributed by atoms with Gasteiger partial charge in [0.05, 0.1) is 25.6 Å². The van der Waals surface area contributed by atoms with Crippen LogP contribution >= 0.6 is 0 Å². The summed E-state index contributed by atoms with van der Waals surface area (Å²) in [4.78, 5) is 29.2. The molecule has 0 aromatic heterocycles. The van der Waals surface area contributed by atoms with Crippen molar-refractivity contribution in [1.29, 1.82) is 0 Å². The van der Waals surface area contributed by atoms with Crippen LogP contribution in [0, 0.1) is 0 Å². The van der Waals surface area contributed by atoms with E-state index in [1.54, 1.807) is 25.1 Å². The van der Waals surface area contributed by atoms with Gasteiger partial charge < -0.3 is 14.5 Å². The molecule has 1 saturated heterocycles. The predicted molar refractivity (Wildman–Crippen MR) is 112 cm³/mol. The van der Waals surface area contributed by atoms with Crippen molar-refractivity contribution in [2.45, 2.75) is 38.3 Å². The largest absolute Gasteiger partial charge is 0.497 e. The third-order valence-electron chi connectivity index (χ3n) is 5.89. The number of nitrogens with zero attached hydrogens (tertiary/aromatic N) is 2. The molecule has 4 rings (SSSR count). The Morgan fingerprint density at radius 1 is 1.14 bits per heavy atom. The molecular formula is C24H26N2O3. The van der Waals surface area contributed by atoms with Gasteiger partial charge in [-0.05, 0) is 47.7 Å². The van der Waals surface area contributed by atoms with E-state index in [0.29, 0.717) is 0 Å². The Morgan fingerprint density at radius 2 is 1.97 bits per heavy atom. The third-order valence-corrected chi connectivity index (χ3v) is 5.89. The van der Waals surface area contributed by atoms with Gasteiger partial charge in [-0.2, -0.15) is 0 Å². The molecule has 2 aliphatic rings. The number of hydrogen-bond donors (Lipinski definition) is 0. The average molecular weight is 390 g/mol. The quantitative estimate of drug-likeness (QED) is 0.781. The summed E-state index contributed by atoms with van der Waals surface area (Å²) in [7, 11) is 1.65. The Bertz CT molecular complexity index is 953. The smallest absolute Gasteiger partial charge is 0.225 e. The molecule has 2 aliphatic heterocycles. The molecule has 150 valence electrons. The summed E-state index contributed by atoms with van der Waals surface area (Å²) in [5.74, 6) is 0.826. The Morgan fingerprint density at radius 3 is 2.76 bits per heavy atom. The highest BCUT2D eigenvalue weighted by atomic mass is 16.5. The van der Waals surface area contributed by atoms with E-state index in [4.69, 9.17) is 4.74 Å². The Kier molecular flexibility index (Phi) is 5.38. The molecule has 5 nitrogen and oxygen atoms in total. The van der Waals surface area contributed by atoms with Gasteiger partial charge in [-0.1, -0.05) is 36.4 Å². The number of benzene rings is 2. The van der Waals surface area contributed by atoms with Crippen molar-refractivity contribution >= 4 is 17.9 Å². The van der Waals surface area contributed by atoms with E-state index < -0.39 is 0 Å². The number of methoxy groups -OCH3 is 1. The molecule has 1 fully saturated rings. The minimum Gasteiger partial charge on any atom is -0.497 e. The maximum absolute atomic E-state index is 13.4. The van der Waals surface area contributed by atoms with Crippen molar-refractivity contribution in [3.05, 3.63) is 71.4 Å². The zero-order valence-electron chi connectivity index (χ0n) is 16.9. The second-order valence-corrected chi connectivity index (χ2v) is 7.61. The van der Waals surface area contributed by atoms with Crippen LogP contribution in [0.2, 0.25) is 0 Å². The predicted octanol–water partition coefficient (Wildman–Crippen LogP) is 4.32. The topological polar surface area (TPSA) is 49.9 Å². The lowest BCUT2D eigenvalue weighted by molar-refractivity contribution is -0.135. The molecule has 2 heterocycles. The fourth-order valence-corrected chi connectivity index (χ4v) is 4.46. The Balaban J connectivity index is 1.58. The molecule has 0 saturated carbocycles. The SMILES string of the molecule is COc1cccc(C2CCCN2C(=O)CC2c3ccccc3C=CN2C(C)=O)c1. The number of carbonyl (C=O) groups is 2. The van der Waals surface area contributed by atoms with E-state index in [0.717, 1.165) is 41.8 Å². The van der Waals surface area contributed by atoms with Crippen molar-refractivity contribution in [3.63, 3.8) is 0 Å². The van der Waals surface area contributed by atoms with Crippen LogP contribution in [0.4, 0.5) is 0 Å². The highest BCUT2D eigenvalue weighted by Crippen LogP contribution is 2.37. The van der Waals surface area contributed by atoms with E-state index in [9.17, 15) is 9.59 Å². The average Bonchev–Trinajstić information content (AvgIpc) is 3.24. The first-order chi connectivity index (χ1) is 14.1. The van der Waals surface area contributed by atoms with Gasteiger partial charge in [0.15, 0.2) is 0 Å². The fraction of sp³-hybridized carbons (Fsp3) is 0.333. The molecule has 0 radical (unpaired) electrons. The zero-order valence-corrected chi connectivity index (χ0v) is 16.9. The van der Waals surface area contributed by atoms with Gasteiger partial charge in [0.1, 0.15) is 5.75 Å². The second-order valence-electron chi connectivity index (χ2n) is 7.61. The lowest BCUT2D eigenvalue weighted by atomic mass is 9.93. The molecule has 0 spiro atoms. The summed E-state index contributed by atoms with van der Waals surface area (Å²) in [6.07, 6.45) is 5.93. The minimum absolute atomic E-state index is 0.0535. The van der Waals surface area contributed by atoms with Gasteiger partial charge >= 0.3 is 0 Å². The molecule has 2 atom stereocenters. The van der Waals surface area contributed by atoms with E-state index in [1.165, 1.54) is 0 Å². The van der Waals surface area contributed by atoms with Gasteiger partial charge in [-0.15, -0.1) is 0 Å². The molecule has 0 bridgehead atoms. The van der Waals surface area contributed by atoms with E-state index in [1.807, 2.05) is 53.4 Å². The number of rotatable bonds is 4. The number of hydrogen-bond acceptors (Lipinski definition) is 3. The van der Waals surface area contributed by atoms with Crippen LogP contribution in [-0.2, 0) is 9.59 Å². The van der Waals surface area contributed by atoms with Gasteiger partial charge in [-0.25, -0.2) is 0 Å². The molecule has 2 aromatic carbocycles. The van der Waals surface area contributed by atoms with Crippen molar-refractivity contribution in [2.24, 2.45) is 0 Å². The lowest BCUT2D eigenvalue weighted by Crippen LogP contribution is -2.37. The first-order valence-electron chi connectivity index (χ1n) is 10.1. The maximum atomic E-state index is 13.4. The van der Waals surface area contributed by atoms with Gasteiger partial charge in [0.2, 0.25) is 11.8 Å². The number of ether oxygens (including phenoxy) is 1. The van der Waals surface area contributed by atoms with Crippen molar-refractivity contribution in [3.8, 4) is 5.75 Å². The number of amides is 2. The monoisotopic (exact) mass is 390 g/mol. The molecule has 0 aliphatic carbocycles. The zero-order chi connectivity index (χ0) is 20.4. The molecule has 2 amide bonds. The second kappa shape index (κ2) is 8.11. The Labute approximate surface area is 171 Å². The molecule has 0 N–H and O–H groups in total. The number of fused-ring (bicyclic) bond motifs is 1. The van der Waals surface area contributed by atoms with E-state index in [2.05, 4.69) is 6.07 Å². The highest BCUT2D eigenvalue weighted by Gasteiger charge is 2.34. The molecule has 2 aromatic rings. The Hall–Kier alpha value is -3.08. The molecule has 29 heavy (non-hydrogen) atoms. The van der Waals surface area contributed by atoms with Crippen molar-refractivity contribution in [2.75, 3.05) is 13.7 Å². The fourth-order valence-electron chi connectivity index (χ4n) is 4.46. The maximum Gasteiger partial charge on any atom is 0.225 e. The van der Waals surface area contributed by atoms with Crippen LogP contribution in [-0.4, -0.2) is 35.3 Å². The first kappa shape index (κ1) is 19.2. The van der Waals surface area contributed by atoms with Gasteiger partial charge in [0.25, 0.3) is 0 Å². The van der Waals surface area contributed by atoms with E-state index in [-0.39, 0.29) is 30.3 Å². The highest BCUT2D eigenvalue weighted by molar-refractivity contribution is 5.82. The van der Waals surface area contributed by atoms with Crippen LogP contribution in [0.25, 0.3) is 6.08 Å². The lowest BCUT2D eigenvalue weighted by Gasteiger charge is -2.34. The van der Waals surface area contributed by atoms with Gasteiger partial charge in [-0.3, -0.25) is 9.59 Å². The van der Waals surface area contributed by atoms with Crippen LogP contribution < -0.4 is 4.74 Å². The summed E-state index contributed by atoms with van der Waals surface area (Å²) < 4.78 is 5.36. The van der Waals surface area contributed by atoms with E-state index >= 15 is 0 Å². The number of carbonyl (C=O) groups excluding carboxylic acids is 2. The normalized spacial score (nSPS) is 20.5.